The predicted molar refractivity (Wildman–Crippen MR) is 111 cm³/mol. The molecule has 29 heavy (non-hydrogen) atoms. The first-order valence-electron chi connectivity index (χ1n) is 9.18. The van der Waals surface area contributed by atoms with Gasteiger partial charge in [-0.3, -0.25) is 9.59 Å². The number of rotatable bonds is 6. The van der Waals surface area contributed by atoms with Crippen LogP contribution in [0.5, 0.6) is 0 Å². The van der Waals surface area contributed by atoms with Crippen LogP contribution in [0.4, 0.5) is 5.82 Å². The molecular weight excluding hydrogens is 366 g/mol. The largest absolute Gasteiger partial charge is 0.382 e. The van der Waals surface area contributed by atoms with Gasteiger partial charge in [0.2, 0.25) is 0 Å². The highest BCUT2D eigenvalue weighted by atomic mass is 16.2. The molecule has 0 saturated heterocycles. The van der Waals surface area contributed by atoms with Gasteiger partial charge in [-0.1, -0.05) is 30.3 Å². The number of hydrogen-bond donors (Lipinski definition) is 3. The fraction of sp³-hybridized carbons (Fsp3) is 0.182. The number of nitrogens with two attached hydrogens (primary N) is 2. The Balaban J connectivity index is 1.72. The number of aryl methyl sites for hydroxylation is 1. The summed E-state index contributed by atoms with van der Waals surface area (Å²) in [5.74, 6) is -0.883. The van der Waals surface area contributed by atoms with E-state index in [0.29, 0.717) is 24.2 Å². The molecule has 0 unspecified atom stereocenters. The van der Waals surface area contributed by atoms with E-state index in [0.717, 1.165) is 11.1 Å². The Hall–Kier alpha value is -3.74. The summed E-state index contributed by atoms with van der Waals surface area (Å²) in [6.45, 7) is 4.56. The summed E-state index contributed by atoms with van der Waals surface area (Å²) in [6.07, 6.45) is 1.89. The van der Waals surface area contributed by atoms with Crippen molar-refractivity contribution >= 4 is 17.6 Å². The molecule has 0 aliphatic carbocycles. The van der Waals surface area contributed by atoms with Gasteiger partial charge in [-0.15, -0.1) is 0 Å². The topological polar surface area (TPSA) is 124 Å². The van der Waals surface area contributed by atoms with Crippen molar-refractivity contribution in [2.75, 3.05) is 5.73 Å². The number of nitrogen functional groups attached to an aromatic ring is 1. The van der Waals surface area contributed by atoms with Crippen molar-refractivity contribution in [2.45, 2.75) is 26.8 Å². The lowest BCUT2D eigenvalue weighted by Crippen LogP contribution is -2.23. The number of carbonyl (C=O) groups excluding carboxylic acids is 2. The summed E-state index contributed by atoms with van der Waals surface area (Å²) >= 11 is 0. The highest BCUT2D eigenvalue weighted by Gasteiger charge is 2.12. The highest BCUT2D eigenvalue weighted by Crippen LogP contribution is 2.14. The van der Waals surface area contributed by atoms with Crippen molar-refractivity contribution in [2.24, 2.45) is 5.73 Å². The number of anilines is 1. The molecule has 2 amide bonds. The molecule has 0 radical (unpaired) electrons. The Morgan fingerprint density at radius 2 is 1.86 bits per heavy atom. The molecule has 3 aromatic rings. The lowest BCUT2D eigenvalue weighted by atomic mass is 10.0. The number of benzene rings is 2. The third-order valence-electron chi connectivity index (χ3n) is 4.81. The first kappa shape index (κ1) is 20.0. The second-order valence-corrected chi connectivity index (χ2v) is 6.88. The smallest absolute Gasteiger partial charge is 0.271 e. The van der Waals surface area contributed by atoms with Crippen LogP contribution in [0.25, 0.3) is 0 Å². The number of amides is 2. The van der Waals surface area contributed by atoms with Crippen molar-refractivity contribution in [3.63, 3.8) is 0 Å². The maximum atomic E-state index is 12.6. The Bertz CT molecular complexity index is 1080. The van der Waals surface area contributed by atoms with Gasteiger partial charge in [0, 0.05) is 18.5 Å². The van der Waals surface area contributed by atoms with E-state index >= 15 is 0 Å². The molecule has 0 saturated carbocycles. The number of aromatic nitrogens is 2. The standard InChI is InChI=1S/C22H23N5O2/c1-13-5-3-8-17(14(13)2)11-26-22(29)16-7-4-6-15(9-16)10-18-12-25-20(23)19(27-18)21(24)28/h3-9,12H,10-11H2,1-2H3,(H2,23,25)(H2,24,28)(H,26,29). The first-order valence-corrected chi connectivity index (χ1v) is 9.18. The van der Waals surface area contributed by atoms with E-state index in [-0.39, 0.29) is 17.4 Å². The van der Waals surface area contributed by atoms with Gasteiger partial charge in [0.1, 0.15) is 0 Å². The molecule has 5 N–H and O–H groups in total. The molecule has 0 spiro atoms. The summed E-state index contributed by atoms with van der Waals surface area (Å²) in [5, 5.41) is 2.96. The molecule has 2 aromatic carbocycles. The molecule has 0 fully saturated rings. The van der Waals surface area contributed by atoms with Crippen molar-refractivity contribution in [1.82, 2.24) is 15.3 Å². The minimum absolute atomic E-state index is 0.000760. The second-order valence-electron chi connectivity index (χ2n) is 6.88. The molecule has 148 valence electrons. The van der Waals surface area contributed by atoms with Gasteiger partial charge < -0.3 is 16.8 Å². The minimum atomic E-state index is -0.726. The van der Waals surface area contributed by atoms with E-state index in [2.05, 4.69) is 15.3 Å². The molecule has 1 aromatic heterocycles. The summed E-state index contributed by atoms with van der Waals surface area (Å²) in [5.41, 5.74) is 16.2. The van der Waals surface area contributed by atoms with E-state index in [1.165, 1.54) is 17.3 Å². The van der Waals surface area contributed by atoms with Crippen LogP contribution in [0.3, 0.4) is 0 Å². The van der Waals surface area contributed by atoms with Gasteiger partial charge in [0.25, 0.3) is 11.8 Å². The van der Waals surface area contributed by atoms with Crippen molar-refractivity contribution in [3.05, 3.63) is 87.9 Å². The van der Waals surface area contributed by atoms with E-state index in [1.54, 1.807) is 12.1 Å². The predicted octanol–water partition coefficient (Wildman–Crippen LogP) is 2.30. The van der Waals surface area contributed by atoms with Gasteiger partial charge in [-0.2, -0.15) is 0 Å². The molecule has 1 heterocycles. The number of hydrogen-bond acceptors (Lipinski definition) is 5. The zero-order chi connectivity index (χ0) is 21.0. The summed E-state index contributed by atoms with van der Waals surface area (Å²) in [4.78, 5) is 32.1. The van der Waals surface area contributed by atoms with Crippen LogP contribution < -0.4 is 16.8 Å². The lowest BCUT2D eigenvalue weighted by Gasteiger charge is -2.11. The van der Waals surface area contributed by atoms with Gasteiger partial charge in [0.15, 0.2) is 11.5 Å². The van der Waals surface area contributed by atoms with E-state index in [9.17, 15) is 9.59 Å². The molecule has 7 nitrogen and oxygen atoms in total. The van der Waals surface area contributed by atoms with Crippen LogP contribution in [0.1, 0.15) is 48.8 Å². The Morgan fingerprint density at radius 1 is 1.10 bits per heavy atom. The van der Waals surface area contributed by atoms with Crippen LogP contribution in [0.15, 0.2) is 48.7 Å². The van der Waals surface area contributed by atoms with Crippen molar-refractivity contribution in [1.29, 1.82) is 0 Å². The number of carbonyl (C=O) groups is 2. The second kappa shape index (κ2) is 8.52. The van der Waals surface area contributed by atoms with Crippen LogP contribution >= 0.6 is 0 Å². The van der Waals surface area contributed by atoms with Crippen LogP contribution in [0.2, 0.25) is 0 Å². The third kappa shape index (κ3) is 4.76. The average molecular weight is 389 g/mol. The fourth-order valence-electron chi connectivity index (χ4n) is 3.01. The Labute approximate surface area is 169 Å². The van der Waals surface area contributed by atoms with Crippen molar-refractivity contribution < 1.29 is 9.59 Å². The number of nitrogens with zero attached hydrogens (tertiary/aromatic N) is 2. The zero-order valence-electron chi connectivity index (χ0n) is 16.4. The maximum Gasteiger partial charge on any atom is 0.271 e. The van der Waals surface area contributed by atoms with Crippen molar-refractivity contribution in [3.8, 4) is 0 Å². The molecule has 0 aliphatic rings. The van der Waals surface area contributed by atoms with Gasteiger partial charge in [0.05, 0.1) is 11.9 Å². The lowest BCUT2D eigenvalue weighted by molar-refractivity contribution is 0.0949. The normalized spacial score (nSPS) is 10.6. The first-order chi connectivity index (χ1) is 13.8. The number of primary amides is 1. The summed E-state index contributed by atoms with van der Waals surface area (Å²) in [7, 11) is 0. The van der Waals surface area contributed by atoms with E-state index in [4.69, 9.17) is 11.5 Å². The fourth-order valence-corrected chi connectivity index (χ4v) is 3.01. The monoisotopic (exact) mass is 389 g/mol. The highest BCUT2D eigenvalue weighted by molar-refractivity contribution is 5.95. The minimum Gasteiger partial charge on any atom is -0.382 e. The molecule has 0 bridgehead atoms. The quantitative estimate of drug-likeness (QED) is 0.597. The Morgan fingerprint density at radius 3 is 2.62 bits per heavy atom. The maximum absolute atomic E-state index is 12.6. The molecule has 3 rings (SSSR count). The van der Waals surface area contributed by atoms with E-state index < -0.39 is 5.91 Å². The molecule has 0 atom stereocenters. The van der Waals surface area contributed by atoms with Crippen LogP contribution in [-0.4, -0.2) is 21.8 Å². The van der Waals surface area contributed by atoms with Crippen LogP contribution in [-0.2, 0) is 13.0 Å². The average Bonchev–Trinajstić information content (AvgIpc) is 2.70. The number of nitrogens with one attached hydrogen (secondary N) is 1. The zero-order valence-corrected chi connectivity index (χ0v) is 16.4. The molecule has 7 heteroatoms. The van der Waals surface area contributed by atoms with Gasteiger partial charge >= 0.3 is 0 Å². The Kier molecular flexibility index (Phi) is 5.87. The third-order valence-corrected chi connectivity index (χ3v) is 4.81. The van der Waals surface area contributed by atoms with Crippen LogP contribution in [0, 0.1) is 13.8 Å². The summed E-state index contributed by atoms with van der Waals surface area (Å²) < 4.78 is 0. The molecule has 0 aliphatic heterocycles. The SMILES string of the molecule is Cc1cccc(CNC(=O)c2cccc(Cc3cnc(N)c(C(N)=O)n3)c2)c1C. The molecular formula is C22H23N5O2. The van der Waals surface area contributed by atoms with Gasteiger partial charge in [-0.05, 0) is 48.2 Å². The summed E-state index contributed by atoms with van der Waals surface area (Å²) in [6, 6.07) is 13.3. The van der Waals surface area contributed by atoms with Gasteiger partial charge in [-0.25, -0.2) is 9.97 Å². The van der Waals surface area contributed by atoms with E-state index in [1.807, 2.05) is 44.2 Å².